The lowest BCUT2D eigenvalue weighted by Crippen LogP contribution is -2.52. The summed E-state index contributed by atoms with van der Waals surface area (Å²) in [7, 11) is 0. The molecule has 0 radical (unpaired) electrons. The van der Waals surface area contributed by atoms with E-state index < -0.39 is 0 Å². The van der Waals surface area contributed by atoms with E-state index in [1.54, 1.807) is 9.80 Å². The molecule has 2 heterocycles. The molecule has 2 saturated heterocycles. The van der Waals surface area contributed by atoms with Crippen molar-refractivity contribution < 1.29 is 14.4 Å². The van der Waals surface area contributed by atoms with Gasteiger partial charge in [-0.3, -0.25) is 14.4 Å². The van der Waals surface area contributed by atoms with Gasteiger partial charge in [-0.1, -0.05) is 50.2 Å². The van der Waals surface area contributed by atoms with Crippen molar-refractivity contribution in [3.05, 3.63) is 65.7 Å². The number of rotatable bonds is 5. The van der Waals surface area contributed by atoms with Crippen LogP contribution in [0.5, 0.6) is 0 Å². The fourth-order valence-electron chi connectivity index (χ4n) is 4.63. The van der Waals surface area contributed by atoms with E-state index in [0.29, 0.717) is 44.2 Å². The second-order valence-electron chi connectivity index (χ2n) is 8.76. The summed E-state index contributed by atoms with van der Waals surface area (Å²) in [6, 6.07) is 17.3. The Morgan fingerprint density at radius 3 is 2.25 bits per heavy atom. The molecule has 0 aliphatic carbocycles. The molecule has 32 heavy (non-hydrogen) atoms. The van der Waals surface area contributed by atoms with Crippen LogP contribution >= 0.6 is 0 Å². The summed E-state index contributed by atoms with van der Waals surface area (Å²) < 4.78 is 0. The van der Waals surface area contributed by atoms with Crippen LogP contribution < -0.4 is 4.90 Å². The van der Waals surface area contributed by atoms with Gasteiger partial charge in [0.25, 0.3) is 5.91 Å². The first-order valence-corrected chi connectivity index (χ1v) is 11.5. The van der Waals surface area contributed by atoms with Crippen molar-refractivity contribution >= 4 is 23.4 Å². The Morgan fingerprint density at radius 2 is 1.56 bits per heavy atom. The van der Waals surface area contributed by atoms with Gasteiger partial charge in [0.1, 0.15) is 0 Å². The van der Waals surface area contributed by atoms with Crippen LogP contribution in [0.3, 0.4) is 0 Å². The van der Waals surface area contributed by atoms with E-state index in [9.17, 15) is 14.4 Å². The molecule has 2 atom stereocenters. The van der Waals surface area contributed by atoms with E-state index in [0.717, 1.165) is 17.7 Å². The Bertz CT molecular complexity index is 983. The molecule has 0 bridgehead atoms. The summed E-state index contributed by atoms with van der Waals surface area (Å²) >= 11 is 0. The SMILES string of the molecule is CC[C@H](C)c1ccccc1N1C[C@H](C(=O)N2CCN(C(=O)c3ccccc3)CC2)CC1=O. The molecule has 2 aromatic carbocycles. The third-order valence-corrected chi connectivity index (χ3v) is 6.74. The molecule has 2 aromatic rings. The van der Waals surface area contributed by atoms with Crippen molar-refractivity contribution in [2.24, 2.45) is 5.92 Å². The number of carbonyl (C=O) groups excluding carboxylic acids is 3. The number of nitrogens with zero attached hydrogens (tertiary/aromatic N) is 3. The van der Waals surface area contributed by atoms with E-state index in [-0.39, 0.29) is 30.1 Å². The van der Waals surface area contributed by atoms with E-state index in [2.05, 4.69) is 19.9 Å². The molecule has 0 N–H and O–H groups in total. The Labute approximate surface area is 189 Å². The highest BCUT2D eigenvalue weighted by atomic mass is 16.2. The second-order valence-corrected chi connectivity index (χ2v) is 8.76. The van der Waals surface area contributed by atoms with Gasteiger partial charge in [-0.15, -0.1) is 0 Å². The molecule has 2 fully saturated rings. The van der Waals surface area contributed by atoms with Crippen molar-refractivity contribution in [2.45, 2.75) is 32.6 Å². The molecule has 2 aliphatic rings. The molecule has 0 aromatic heterocycles. The number of amides is 3. The van der Waals surface area contributed by atoms with Crippen LogP contribution in [-0.2, 0) is 9.59 Å². The lowest BCUT2D eigenvalue weighted by molar-refractivity contribution is -0.137. The molecular formula is C26H31N3O3. The van der Waals surface area contributed by atoms with Crippen LogP contribution in [0.2, 0.25) is 0 Å². The maximum absolute atomic E-state index is 13.2. The van der Waals surface area contributed by atoms with Gasteiger partial charge in [-0.05, 0) is 36.1 Å². The number of piperazine rings is 1. The molecule has 0 saturated carbocycles. The van der Waals surface area contributed by atoms with Crippen molar-refractivity contribution in [2.75, 3.05) is 37.6 Å². The Hall–Kier alpha value is -3.15. The predicted molar refractivity (Wildman–Crippen MR) is 125 cm³/mol. The second kappa shape index (κ2) is 9.55. The van der Waals surface area contributed by atoms with E-state index in [4.69, 9.17) is 0 Å². The van der Waals surface area contributed by atoms with Crippen molar-refractivity contribution in [3.8, 4) is 0 Å². The van der Waals surface area contributed by atoms with Gasteiger partial charge >= 0.3 is 0 Å². The van der Waals surface area contributed by atoms with Gasteiger partial charge in [0.05, 0.1) is 5.92 Å². The summed E-state index contributed by atoms with van der Waals surface area (Å²) in [5.41, 5.74) is 2.76. The maximum Gasteiger partial charge on any atom is 0.253 e. The van der Waals surface area contributed by atoms with Gasteiger partial charge in [-0.2, -0.15) is 0 Å². The zero-order valence-corrected chi connectivity index (χ0v) is 18.9. The van der Waals surface area contributed by atoms with Crippen LogP contribution in [0.1, 0.15) is 48.5 Å². The van der Waals surface area contributed by atoms with Crippen LogP contribution in [0.4, 0.5) is 5.69 Å². The first kappa shape index (κ1) is 22.1. The topological polar surface area (TPSA) is 60.9 Å². The number of hydrogen-bond donors (Lipinski definition) is 0. The lowest BCUT2D eigenvalue weighted by atomic mass is 9.96. The van der Waals surface area contributed by atoms with Gasteiger partial charge < -0.3 is 14.7 Å². The fourth-order valence-corrected chi connectivity index (χ4v) is 4.63. The molecule has 0 unspecified atom stereocenters. The summed E-state index contributed by atoms with van der Waals surface area (Å²) in [5, 5.41) is 0. The minimum Gasteiger partial charge on any atom is -0.339 e. The Morgan fingerprint density at radius 1 is 0.938 bits per heavy atom. The molecular weight excluding hydrogens is 402 g/mol. The van der Waals surface area contributed by atoms with E-state index >= 15 is 0 Å². The summed E-state index contributed by atoms with van der Waals surface area (Å²) in [4.78, 5) is 44.1. The number of hydrogen-bond acceptors (Lipinski definition) is 3. The average molecular weight is 434 g/mol. The Kier molecular flexibility index (Phi) is 6.58. The predicted octanol–water partition coefficient (Wildman–Crippen LogP) is 3.54. The van der Waals surface area contributed by atoms with Gasteiger partial charge in [0.2, 0.25) is 11.8 Å². The highest BCUT2D eigenvalue weighted by Gasteiger charge is 2.39. The normalized spacial score (nSPS) is 19.9. The molecule has 6 heteroatoms. The highest BCUT2D eigenvalue weighted by molar-refractivity contribution is 6.01. The first-order chi connectivity index (χ1) is 15.5. The van der Waals surface area contributed by atoms with Gasteiger partial charge in [0.15, 0.2) is 0 Å². The largest absolute Gasteiger partial charge is 0.339 e. The third kappa shape index (κ3) is 4.40. The zero-order chi connectivity index (χ0) is 22.7. The van der Waals surface area contributed by atoms with Gasteiger partial charge in [0, 0.05) is 50.4 Å². The van der Waals surface area contributed by atoms with Crippen LogP contribution in [-0.4, -0.2) is 60.2 Å². The smallest absolute Gasteiger partial charge is 0.253 e. The molecule has 168 valence electrons. The van der Waals surface area contributed by atoms with Crippen molar-refractivity contribution in [1.29, 1.82) is 0 Å². The summed E-state index contributed by atoms with van der Waals surface area (Å²) in [6.07, 6.45) is 1.24. The Balaban J connectivity index is 1.38. The van der Waals surface area contributed by atoms with Crippen molar-refractivity contribution in [3.63, 3.8) is 0 Å². The summed E-state index contributed by atoms with van der Waals surface area (Å²) in [5.74, 6) is 0.0556. The standard InChI is InChI=1S/C26H31N3O3/c1-3-19(2)22-11-7-8-12-23(22)29-18-21(17-24(29)30)26(32)28-15-13-27(14-16-28)25(31)20-9-5-4-6-10-20/h4-12,19,21H,3,13-18H2,1-2H3/t19-,21+/m0/s1. The quantitative estimate of drug-likeness (QED) is 0.725. The number of benzene rings is 2. The first-order valence-electron chi connectivity index (χ1n) is 11.5. The minimum atomic E-state index is -0.330. The van der Waals surface area contributed by atoms with E-state index in [1.165, 1.54) is 0 Å². The number of carbonyl (C=O) groups is 3. The van der Waals surface area contributed by atoms with Crippen LogP contribution in [0, 0.1) is 5.92 Å². The molecule has 6 nitrogen and oxygen atoms in total. The average Bonchev–Trinajstić information content (AvgIpc) is 3.24. The fraction of sp³-hybridized carbons (Fsp3) is 0.423. The number of anilines is 1. The molecule has 4 rings (SSSR count). The molecule has 2 aliphatic heterocycles. The molecule has 0 spiro atoms. The van der Waals surface area contributed by atoms with Gasteiger partial charge in [-0.25, -0.2) is 0 Å². The monoisotopic (exact) mass is 433 g/mol. The van der Waals surface area contributed by atoms with Crippen molar-refractivity contribution in [1.82, 2.24) is 9.80 Å². The molecule has 3 amide bonds. The van der Waals surface area contributed by atoms with E-state index in [1.807, 2.05) is 53.4 Å². The number of para-hydroxylation sites is 1. The minimum absolute atomic E-state index is 0.00145. The maximum atomic E-state index is 13.2. The highest BCUT2D eigenvalue weighted by Crippen LogP contribution is 2.34. The lowest BCUT2D eigenvalue weighted by Gasteiger charge is -2.36. The zero-order valence-electron chi connectivity index (χ0n) is 18.9. The van der Waals surface area contributed by atoms with Crippen LogP contribution in [0.25, 0.3) is 0 Å². The summed E-state index contributed by atoms with van der Waals surface area (Å²) in [6.45, 7) is 6.77. The van der Waals surface area contributed by atoms with Crippen LogP contribution in [0.15, 0.2) is 54.6 Å². The third-order valence-electron chi connectivity index (χ3n) is 6.74.